The summed E-state index contributed by atoms with van der Waals surface area (Å²) in [5.41, 5.74) is 0.711. The Bertz CT molecular complexity index is 593. The molecule has 0 aliphatic heterocycles. The molecule has 0 aliphatic rings. The van der Waals surface area contributed by atoms with Crippen molar-refractivity contribution in [2.24, 2.45) is 0 Å². The van der Waals surface area contributed by atoms with Crippen LogP contribution in [0.4, 0.5) is 23.2 Å². The summed E-state index contributed by atoms with van der Waals surface area (Å²) in [7, 11) is 0. The third-order valence-electron chi connectivity index (χ3n) is 2.70. The van der Waals surface area contributed by atoms with Gasteiger partial charge in [0.1, 0.15) is 5.82 Å². The highest BCUT2D eigenvalue weighted by Gasteiger charge is 2.29. The largest absolute Gasteiger partial charge is 0.416 e. The van der Waals surface area contributed by atoms with E-state index in [2.05, 4.69) is 21.2 Å². The Labute approximate surface area is 121 Å². The van der Waals surface area contributed by atoms with Gasteiger partial charge in [0.25, 0.3) is 0 Å². The summed E-state index contributed by atoms with van der Waals surface area (Å²) >= 11 is 3.06. The van der Waals surface area contributed by atoms with Crippen LogP contribution in [0.15, 0.2) is 46.9 Å². The minimum atomic E-state index is -4.33. The number of benzene rings is 2. The number of hydrogen-bond donors (Lipinski definition) is 1. The van der Waals surface area contributed by atoms with Crippen molar-refractivity contribution in [2.75, 3.05) is 5.32 Å². The minimum Gasteiger partial charge on any atom is -0.381 e. The summed E-state index contributed by atoms with van der Waals surface area (Å²) in [6, 6.07) is 9.33. The van der Waals surface area contributed by atoms with Crippen LogP contribution in [0.2, 0.25) is 0 Å². The van der Waals surface area contributed by atoms with Gasteiger partial charge in [0, 0.05) is 12.2 Å². The van der Waals surface area contributed by atoms with E-state index in [1.807, 2.05) is 0 Å². The molecule has 0 atom stereocenters. The van der Waals surface area contributed by atoms with Crippen molar-refractivity contribution in [1.29, 1.82) is 0 Å². The van der Waals surface area contributed by atoms with Crippen LogP contribution in [0.1, 0.15) is 11.1 Å². The van der Waals surface area contributed by atoms with Gasteiger partial charge in [-0.05, 0) is 51.8 Å². The Morgan fingerprint density at radius 1 is 1.00 bits per heavy atom. The zero-order valence-electron chi connectivity index (χ0n) is 10.1. The third-order valence-corrected chi connectivity index (χ3v) is 3.31. The van der Waals surface area contributed by atoms with Gasteiger partial charge in [-0.3, -0.25) is 0 Å². The van der Waals surface area contributed by atoms with Crippen molar-refractivity contribution in [3.05, 3.63) is 63.9 Å². The predicted molar refractivity (Wildman–Crippen MR) is 72.9 cm³/mol. The normalized spacial score (nSPS) is 11.4. The topological polar surface area (TPSA) is 12.0 Å². The highest BCUT2D eigenvalue weighted by atomic mass is 79.9. The summed E-state index contributed by atoms with van der Waals surface area (Å²) in [5.74, 6) is -0.370. The second-order valence-corrected chi connectivity index (χ2v) is 5.03. The SMILES string of the molecule is Fc1ccc(NCc2ccc(C(F)(F)F)cc2)cc1Br. The molecule has 0 aromatic heterocycles. The van der Waals surface area contributed by atoms with E-state index in [1.54, 1.807) is 12.1 Å². The molecule has 0 radical (unpaired) electrons. The average Bonchev–Trinajstić information content (AvgIpc) is 2.40. The van der Waals surface area contributed by atoms with Crippen LogP contribution >= 0.6 is 15.9 Å². The van der Waals surface area contributed by atoms with E-state index in [-0.39, 0.29) is 5.82 Å². The van der Waals surface area contributed by atoms with Crippen molar-refractivity contribution in [2.45, 2.75) is 12.7 Å². The third kappa shape index (κ3) is 3.72. The maximum atomic E-state index is 13.0. The number of halogens is 5. The van der Waals surface area contributed by atoms with Crippen LogP contribution in [0.3, 0.4) is 0 Å². The standard InChI is InChI=1S/C14H10BrF4N/c15-12-7-11(5-6-13(12)16)20-8-9-1-3-10(4-2-9)14(17,18)19/h1-7,20H,8H2. The molecule has 0 unspecified atom stereocenters. The fraction of sp³-hybridized carbons (Fsp3) is 0.143. The number of alkyl halides is 3. The van der Waals surface area contributed by atoms with Gasteiger partial charge in [0.05, 0.1) is 10.0 Å². The summed E-state index contributed by atoms with van der Waals surface area (Å²) in [6.45, 7) is 0.357. The van der Waals surface area contributed by atoms with Gasteiger partial charge in [-0.25, -0.2) is 4.39 Å². The number of rotatable bonds is 3. The van der Waals surface area contributed by atoms with Crippen molar-refractivity contribution in [3.63, 3.8) is 0 Å². The zero-order chi connectivity index (χ0) is 14.8. The molecule has 0 bridgehead atoms. The van der Waals surface area contributed by atoms with E-state index in [0.717, 1.165) is 12.1 Å². The van der Waals surface area contributed by atoms with Gasteiger partial charge in [0.2, 0.25) is 0 Å². The first kappa shape index (κ1) is 14.8. The molecule has 6 heteroatoms. The molecule has 106 valence electrons. The fourth-order valence-corrected chi connectivity index (χ4v) is 2.00. The van der Waals surface area contributed by atoms with E-state index in [9.17, 15) is 17.6 Å². The second-order valence-electron chi connectivity index (χ2n) is 4.18. The highest BCUT2D eigenvalue weighted by Crippen LogP contribution is 2.29. The average molecular weight is 348 g/mol. The van der Waals surface area contributed by atoms with Crippen LogP contribution in [0.25, 0.3) is 0 Å². The molecule has 20 heavy (non-hydrogen) atoms. The predicted octanol–water partition coefficient (Wildman–Crippen LogP) is 5.22. The molecule has 1 N–H and O–H groups in total. The lowest BCUT2D eigenvalue weighted by atomic mass is 10.1. The summed E-state index contributed by atoms with van der Waals surface area (Å²) in [6.07, 6.45) is -4.33. The molecule has 2 aromatic rings. The highest BCUT2D eigenvalue weighted by molar-refractivity contribution is 9.10. The first-order valence-electron chi connectivity index (χ1n) is 5.71. The molecule has 0 heterocycles. The van der Waals surface area contributed by atoms with E-state index in [0.29, 0.717) is 22.3 Å². The molecule has 0 fully saturated rings. The second kappa shape index (κ2) is 5.83. The van der Waals surface area contributed by atoms with Gasteiger partial charge < -0.3 is 5.32 Å². The minimum absolute atomic E-state index is 0.329. The summed E-state index contributed by atoms with van der Waals surface area (Å²) in [4.78, 5) is 0. The Morgan fingerprint density at radius 3 is 2.20 bits per heavy atom. The maximum Gasteiger partial charge on any atom is 0.416 e. The van der Waals surface area contributed by atoms with E-state index < -0.39 is 11.7 Å². The van der Waals surface area contributed by atoms with Gasteiger partial charge in [-0.1, -0.05) is 12.1 Å². The molecule has 2 rings (SSSR count). The molecule has 0 aliphatic carbocycles. The number of hydrogen-bond acceptors (Lipinski definition) is 1. The maximum absolute atomic E-state index is 13.0. The van der Waals surface area contributed by atoms with Crippen LogP contribution in [0, 0.1) is 5.82 Å². The van der Waals surface area contributed by atoms with Crippen LogP contribution in [-0.4, -0.2) is 0 Å². The van der Waals surface area contributed by atoms with Crippen LogP contribution < -0.4 is 5.32 Å². The summed E-state index contributed by atoms with van der Waals surface area (Å²) in [5, 5.41) is 3.01. The van der Waals surface area contributed by atoms with Crippen LogP contribution in [-0.2, 0) is 12.7 Å². The first-order valence-corrected chi connectivity index (χ1v) is 6.50. The lowest BCUT2D eigenvalue weighted by Crippen LogP contribution is -2.05. The Morgan fingerprint density at radius 2 is 1.65 bits per heavy atom. The van der Waals surface area contributed by atoms with Gasteiger partial charge >= 0.3 is 6.18 Å². The lowest BCUT2D eigenvalue weighted by Gasteiger charge is -2.09. The quantitative estimate of drug-likeness (QED) is 0.750. The smallest absolute Gasteiger partial charge is 0.381 e. The molecule has 0 saturated heterocycles. The van der Waals surface area contributed by atoms with Crippen molar-refractivity contribution < 1.29 is 17.6 Å². The molecule has 0 spiro atoms. The summed E-state index contributed by atoms with van der Waals surface area (Å²) < 4.78 is 50.6. The van der Waals surface area contributed by atoms with E-state index in [1.165, 1.54) is 18.2 Å². The monoisotopic (exact) mass is 347 g/mol. The molecule has 1 nitrogen and oxygen atoms in total. The molecular formula is C14H10BrF4N. The molecule has 0 saturated carbocycles. The van der Waals surface area contributed by atoms with Crippen molar-refractivity contribution in [3.8, 4) is 0 Å². The number of anilines is 1. The van der Waals surface area contributed by atoms with E-state index in [4.69, 9.17) is 0 Å². The molecular weight excluding hydrogens is 338 g/mol. The lowest BCUT2D eigenvalue weighted by molar-refractivity contribution is -0.137. The van der Waals surface area contributed by atoms with Crippen molar-refractivity contribution >= 4 is 21.6 Å². The zero-order valence-corrected chi connectivity index (χ0v) is 11.7. The van der Waals surface area contributed by atoms with Gasteiger partial charge in [-0.2, -0.15) is 13.2 Å². The number of nitrogens with one attached hydrogen (secondary N) is 1. The van der Waals surface area contributed by atoms with Crippen LogP contribution in [0.5, 0.6) is 0 Å². The van der Waals surface area contributed by atoms with E-state index >= 15 is 0 Å². The molecule has 0 amide bonds. The fourth-order valence-electron chi connectivity index (χ4n) is 1.62. The Kier molecular flexibility index (Phi) is 4.32. The van der Waals surface area contributed by atoms with Crippen molar-refractivity contribution in [1.82, 2.24) is 0 Å². The van der Waals surface area contributed by atoms with Gasteiger partial charge in [0.15, 0.2) is 0 Å². The first-order chi connectivity index (χ1) is 9.36. The van der Waals surface area contributed by atoms with Gasteiger partial charge in [-0.15, -0.1) is 0 Å². The molecule has 2 aromatic carbocycles. The Balaban J connectivity index is 2.02. The Hall–Kier alpha value is -1.56.